The van der Waals surface area contributed by atoms with E-state index in [1.54, 1.807) is 28.9 Å². The molecule has 0 saturated heterocycles. The molecule has 1 aliphatic rings. The highest BCUT2D eigenvalue weighted by atomic mass is 19.1. The van der Waals surface area contributed by atoms with E-state index in [4.69, 9.17) is 4.42 Å². The number of aromatic nitrogens is 3. The van der Waals surface area contributed by atoms with Crippen LogP contribution in [0.1, 0.15) is 34.8 Å². The number of halogens is 1. The first-order valence-corrected chi connectivity index (χ1v) is 8.58. The molecule has 3 heterocycles. The molecule has 6 nitrogen and oxygen atoms in total. The van der Waals surface area contributed by atoms with E-state index in [9.17, 15) is 14.3 Å². The Morgan fingerprint density at radius 3 is 2.63 bits per heavy atom. The number of aromatic carboxylic acids is 1. The average Bonchev–Trinajstić information content (AvgIpc) is 3.22. The number of fused-ring (bicyclic) bond motifs is 1. The molecular formula is C20H14FN3O3. The maximum Gasteiger partial charge on any atom is 0.336 e. The summed E-state index contributed by atoms with van der Waals surface area (Å²) < 4.78 is 20.3. The second-order valence-corrected chi connectivity index (χ2v) is 6.58. The van der Waals surface area contributed by atoms with Gasteiger partial charge in [0.25, 0.3) is 0 Å². The molecule has 0 spiro atoms. The Morgan fingerprint density at radius 2 is 2.00 bits per heavy atom. The first kappa shape index (κ1) is 15.7. The molecule has 1 aliphatic carbocycles. The highest BCUT2D eigenvalue weighted by molar-refractivity contribution is 6.04. The van der Waals surface area contributed by atoms with Gasteiger partial charge in [0.05, 0.1) is 28.6 Å². The Bertz CT molecular complexity index is 1160. The standard InChI is InChI=1S/C20H14FN3O3/c21-12-5-7-13(8-6-12)24-19-17(18(23-24)11-3-4-11)14(20(25)26)10-15(22-19)16-2-1-9-27-16/h1-2,5-11H,3-4H2,(H,25,26). The van der Waals surface area contributed by atoms with E-state index in [1.807, 2.05) is 0 Å². The number of rotatable bonds is 4. The number of furan rings is 1. The molecule has 1 saturated carbocycles. The number of carboxylic acids is 1. The van der Waals surface area contributed by atoms with E-state index in [0.29, 0.717) is 28.2 Å². The lowest BCUT2D eigenvalue weighted by atomic mass is 10.1. The fraction of sp³-hybridized carbons (Fsp3) is 0.150. The molecule has 0 bridgehead atoms. The van der Waals surface area contributed by atoms with Gasteiger partial charge < -0.3 is 9.52 Å². The fourth-order valence-electron chi connectivity index (χ4n) is 3.27. The number of carbonyl (C=O) groups is 1. The lowest BCUT2D eigenvalue weighted by Crippen LogP contribution is -2.02. The van der Waals surface area contributed by atoms with Gasteiger partial charge in [-0.15, -0.1) is 0 Å². The Balaban J connectivity index is 1.84. The van der Waals surface area contributed by atoms with E-state index >= 15 is 0 Å². The third-order valence-electron chi connectivity index (χ3n) is 4.70. The molecule has 27 heavy (non-hydrogen) atoms. The number of carboxylic acid groups (broad SMARTS) is 1. The third kappa shape index (κ3) is 2.59. The normalized spacial score (nSPS) is 14.0. The highest BCUT2D eigenvalue weighted by Gasteiger charge is 2.32. The van der Waals surface area contributed by atoms with Crippen molar-refractivity contribution >= 4 is 17.0 Å². The molecular weight excluding hydrogens is 349 g/mol. The molecule has 0 atom stereocenters. The number of benzene rings is 1. The molecule has 0 aliphatic heterocycles. The summed E-state index contributed by atoms with van der Waals surface area (Å²) in [7, 11) is 0. The predicted octanol–water partition coefficient (Wildman–Crippen LogP) is 4.40. The van der Waals surface area contributed by atoms with Gasteiger partial charge >= 0.3 is 5.97 Å². The van der Waals surface area contributed by atoms with Crippen molar-refractivity contribution in [3.05, 3.63) is 65.8 Å². The SMILES string of the molecule is O=C(O)c1cc(-c2ccco2)nc2c1c(C1CC1)nn2-c1ccc(F)cc1. The molecule has 1 aromatic carbocycles. The molecule has 1 N–H and O–H groups in total. The van der Waals surface area contributed by atoms with E-state index in [1.165, 1.54) is 24.5 Å². The zero-order valence-corrected chi connectivity index (χ0v) is 14.1. The van der Waals surface area contributed by atoms with E-state index < -0.39 is 5.97 Å². The quantitative estimate of drug-likeness (QED) is 0.581. The second-order valence-electron chi connectivity index (χ2n) is 6.58. The molecule has 5 rings (SSSR count). The van der Waals surface area contributed by atoms with Crippen LogP contribution in [0.25, 0.3) is 28.2 Å². The van der Waals surface area contributed by atoms with Gasteiger partial charge in [-0.05, 0) is 55.3 Å². The molecule has 7 heteroatoms. The summed E-state index contributed by atoms with van der Waals surface area (Å²) in [6.45, 7) is 0. The fourth-order valence-corrected chi connectivity index (χ4v) is 3.27. The molecule has 134 valence electrons. The minimum absolute atomic E-state index is 0.140. The first-order chi connectivity index (χ1) is 13.1. The van der Waals surface area contributed by atoms with Crippen molar-refractivity contribution in [3.63, 3.8) is 0 Å². The summed E-state index contributed by atoms with van der Waals surface area (Å²) in [5, 5.41) is 15.0. The van der Waals surface area contributed by atoms with Crippen LogP contribution in [0.15, 0.2) is 53.1 Å². The van der Waals surface area contributed by atoms with Crippen molar-refractivity contribution < 1.29 is 18.7 Å². The van der Waals surface area contributed by atoms with Crippen LogP contribution in [0.4, 0.5) is 4.39 Å². The van der Waals surface area contributed by atoms with Crippen molar-refractivity contribution in [2.45, 2.75) is 18.8 Å². The zero-order valence-electron chi connectivity index (χ0n) is 14.1. The molecule has 0 unspecified atom stereocenters. The Hall–Kier alpha value is -3.48. The van der Waals surface area contributed by atoms with Crippen molar-refractivity contribution in [1.29, 1.82) is 0 Å². The third-order valence-corrected chi connectivity index (χ3v) is 4.70. The summed E-state index contributed by atoms with van der Waals surface area (Å²) in [5.41, 5.74) is 2.32. The van der Waals surface area contributed by atoms with Gasteiger partial charge in [-0.25, -0.2) is 18.9 Å². The Labute approximate surface area is 152 Å². The van der Waals surface area contributed by atoms with Crippen molar-refractivity contribution in [2.75, 3.05) is 0 Å². The number of pyridine rings is 1. The summed E-state index contributed by atoms with van der Waals surface area (Å²) >= 11 is 0. The largest absolute Gasteiger partial charge is 0.478 e. The van der Waals surface area contributed by atoms with Crippen LogP contribution in [-0.2, 0) is 0 Å². The van der Waals surface area contributed by atoms with Crippen LogP contribution >= 0.6 is 0 Å². The van der Waals surface area contributed by atoms with Gasteiger partial charge in [0, 0.05) is 5.92 Å². The van der Waals surface area contributed by atoms with Gasteiger partial charge in [-0.2, -0.15) is 5.10 Å². The smallest absolute Gasteiger partial charge is 0.336 e. The van der Waals surface area contributed by atoms with Crippen LogP contribution in [-0.4, -0.2) is 25.8 Å². The van der Waals surface area contributed by atoms with Crippen molar-refractivity contribution in [3.8, 4) is 17.1 Å². The van der Waals surface area contributed by atoms with Crippen LogP contribution in [0.2, 0.25) is 0 Å². The second kappa shape index (κ2) is 5.77. The van der Waals surface area contributed by atoms with E-state index in [2.05, 4.69) is 10.1 Å². The van der Waals surface area contributed by atoms with Crippen LogP contribution in [0.3, 0.4) is 0 Å². The van der Waals surface area contributed by atoms with E-state index in [-0.39, 0.29) is 17.3 Å². The average molecular weight is 363 g/mol. The Morgan fingerprint density at radius 1 is 1.22 bits per heavy atom. The first-order valence-electron chi connectivity index (χ1n) is 8.58. The Kier molecular flexibility index (Phi) is 3.36. The van der Waals surface area contributed by atoms with Gasteiger partial charge in [0.2, 0.25) is 0 Å². The minimum atomic E-state index is -1.05. The lowest BCUT2D eigenvalue weighted by molar-refractivity contribution is 0.0699. The number of hydrogen-bond acceptors (Lipinski definition) is 4. The molecule has 1 fully saturated rings. The number of hydrogen-bond donors (Lipinski definition) is 1. The van der Waals surface area contributed by atoms with Gasteiger partial charge in [0.15, 0.2) is 11.4 Å². The zero-order chi connectivity index (χ0) is 18.5. The predicted molar refractivity (Wildman–Crippen MR) is 95.5 cm³/mol. The van der Waals surface area contributed by atoms with E-state index in [0.717, 1.165) is 18.5 Å². The van der Waals surface area contributed by atoms with Gasteiger partial charge in [-0.3, -0.25) is 0 Å². The van der Waals surface area contributed by atoms with Crippen molar-refractivity contribution in [2.24, 2.45) is 0 Å². The number of nitrogens with zero attached hydrogens (tertiary/aromatic N) is 3. The minimum Gasteiger partial charge on any atom is -0.478 e. The molecule has 0 radical (unpaired) electrons. The van der Waals surface area contributed by atoms with Crippen LogP contribution < -0.4 is 0 Å². The van der Waals surface area contributed by atoms with Crippen molar-refractivity contribution in [1.82, 2.24) is 14.8 Å². The maximum absolute atomic E-state index is 13.3. The van der Waals surface area contributed by atoms with Crippen LogP contribution in [0.5, 0.6) is 0 Å². The van der Waals surface area contributed by atoms with Gasteiger partial charge in [0.1, 0.15) is 11.5 Å². The molecule has 0 amide bonds. The lowest BCUT2D eigenvalue weighted by Gasteiger charge is -2.06. The summed E-state index contributed by atoms with van der Waals surface area (Å²) in [5.74, 6) is -0.702. The van der Waals surface area contributed by atoms with Gasteiger partial charge in [-0.1, -0.05) is 0 Å². The summed E-state index contributed by atoms with van der Waals surface area (Å²) in [4.78, 5) is 16.6. The molecule has 4 aromatic rings. The monoisotopic (exact) mass is 363 g/mol. The summed E-state index contributed by atoms with van der Waals surface area (Å²) in [6.07, 6.45) is 3.44. The van der Waals surface area contributed by atoms with Crippen LogP contribution in [0, 0.1) is 5.82 Å². The summed E-state index contributed by atoms with van der Waals surface area (Å²) in [6, 6.07) is 10.8. The molecule has 3 aromatic heterocycles. The highest BCUT2D eigenvalue weighted by Crippen LogP contribution is 2.44. The topological polar surface area (TPSA) is 81.2 Å². The maximum atomic E-state index is 13.3.